The smallest absolute Gasteiger partial charge is 0.129 e. The number of aliphatic hydroxyl groups excluding tert-OH is 1. The molecule has 1 unspecified atom stereocenters. The van der Waals surface area contributed by atoms with E-state index in [1.165, 1.54) is 19.3 Å². The minimum atomic E-state index is -0.100. The van der Waals surface area contributed by atoms with Gasteiger partial charge in [-0.15, -0.1) is 0 Å². The molecule has 3 nitrogen and oxygen atoms in total. The van der Waals surface area contributed by atoms with Crippen LogP contribution in [0, 0.1) is 5.92 Å². The summed E-state index contributed by atoms with van der Waals surface area (Å²) in [5.41, 5.74) is 0.571. The Morgan fingerprint density at radius 2 is 2.24 bits per heavy atom. The van der Waals surface area contributed by atoms with Crippen molar-refractivity contribution in [3.63, 3.8) is 0 Å². The summed E-state index contributed by atoms with van der Waals surface area (Å²) in [5, 5.41) is 9.71. The highest BCUT2D eigenvalue weighted by Crippen LogP contribution is 2.23. The van der Waals surface area contributed by atoms with E-state index < -0.39 is 0 Å². The van der Waals surface area contributed by atoms with Gasteiger partial charge in [0.2, 0.25) is 0 Å². The van der Waals surface area contributed by atoms with E-state index in [4.69, 9.17) is 11.6 Å². The first-order valence-corrected chi connectivity index (χ1v) is 6.59. The van der Waals surface area contributed by atoms with Crippen molar-refractivity contribution >= 4 is 17.4 Å². The quantitative estimate of drug-likeness (QED) is 0.882. The van der Waals surface area contributed by atoms with Crippen LogP contribution >= 0.6 is 11.6 Å². The largest absolute Gasteiger partial charge is 0.390 e. The van der Waals surface area contributed by atoms with Crippen LogP contribution in [0.4, 0.5) is 5.82 Å². The van der Waals surface area contributed by atoms with Gasteiger partial charge in [0.1, 0.15) is 5.82 Å². The first-order chi connectivity index (χ1) is 8.20. The number of anilines is 1. The number of nitrogens with zero attached hydrogens (tertiary/aromatic N) is 2. The predicted molar refractivity (Wildman–Crippen MR) is 70.4 cm³/mol. The van der Waals surface area contributed by atoms with Gasteiger partial charge in [-0.1, -0.05) is 18.5 Å². The van der Waals surface area contributed by atoms with Gasteiger partial charge < -0.3 is 10.0 Å². The normalized spacial score (nSPS) is 21.4. The van der Waals surface area contributed by atoms with Gasteiger partial charge in [0.25, 0.3) is 0 Å². The van der Waals surface area contributed by atoms with Crippen LogP contribution in [0.3, 0.4) is 0 Å². The fraction of sp³-hybridized carbons (Fsp3) is 0.615. The minimum absolute atomic E-state index is 0.100. The third kappa shape index (κ3) is 3.11. The maximum atomic E-state index is 9.17. The Kier molecular flexibility index (Phi) is 4.24. The Labute approximate surface area is 107 Å². The van der Waals surface area contributed by atoms with E-state index >= 15 is 0 Å². The Morgan fingerprint density at radius 3 is 3.00 bits per heavy atom. The summed E-state index contributed by atoms with van der Waals surface area (Å²) in [6, 6.07) is 3.77. The summed E-state index contributed by atoms with van der Waals surface area (Å²) in [7, 11) is 0. The number of hydrogen-bond donors (Lipinski definition) is 1. The lowest BCUT2D eigenvalue weighted by atomic mass is 10.0. The summed E-state index contributed by atoms with van der Waals surface area (Å²) in [4.78, 5) is 6.72. The van der Waals surface area contributed by atoms with Gasteiger partial charge in [0, 0.05) is 13.1 Å². The number of halogens is 1. The zero-order valence-electron chi connectivity index (χ0n) is 10.2. The monoisotopic (exact) mass is 254 g/mol. The molecule has 94 valence electrons. The molecule has 0 saturated carbocycles. The maximum absolute atomic E-state index is 9.17. The van der Waals surface area contributed by atoms with Crippen molar-refractivity contribution in [1.29, 1.82) is 0 Å². The van der Waals surface area contributed by atoms with Gasteiger partial charge >= 0.3 is 0 Å². The highest BCUT2D eigenvalue weighted by Gasteiger charge is 2.15. The Hall–Kier alpha value is -0.800. The van der Waals surface area contributed by atoms with Gasteiger partial charge in [-0.05, 0) is 37.3 Å². The van der Waals surface area contributed by atoms with E-state index in [1.807, 2.05) is 12.1 Å². The van der Waals surface area contributed by atoms with Crippen molar-refractivity contribution in [2.24, 2.45) is 5.92 Å². The van der Waals surface area contributed by atoms with Crippen molar-refractivity contribution in [2.75, 3.05) is 18.0 Å². The zero-order chi connectivity index (χ0) is 12.3. The SMILES string of the molecule is CC1CCCN(c2ccc(Cl)c(CO)n2)CC1. The molecule has 0 amide bonds. The van der Waals surface area contributed by atoms with Crippen molar-refractivity contribution in [3.05, 3.63) is 22.8 Å². The number of hydrogen-bond acceptors (Lipinski definition) is 3. The van der Waals surface area contributed by atoms with Crippen LogP contribution in [0.25, 0.3) is 0 Å². The zero-order valence-corrected chi connectivity index (χ0v) is 11.0. The number of aliphatic hydroxyl groups is 1. The van der Waals surface area contributed by atoms with Gasteiger partial charge in [0.15, 0.2) is 0 Å². The van der Waals surface area contributed by atoms with Crippen molar-refractivity contribution in [1.82, 2.24) is 4.98 Å². The molecule has 1 atom stereocenters. The molecular formula is C13H19ClN2O. The fourth-order valence-electron chi connectivity index (χ4n) is 2.25. The van der Waals surface area contributed by atoms with Crippen LogP contribution in [-0.4, -0.2) is 23.2 Å². The molecular weight excluding hydrogens is 236 g/mol. The Balaban J connectivity index is 2.15. The minimum Gasteiger partial charge on any atom is -0.390 e. The maximum Gasteiger partial charge on any atom is 0.129 e. The Morgan fingerprint density at radius 1 is 1.41 bits per heavy atom. The average molecular weight is 255 g/mol. The van der Waals surface area contributed by atoms with E-state index in [1.54, 1.807) is 0 Å². The van der Waals surface area contributed by atoms with Crippen LogP contribution in [0.1, 0.15) is 31.9 Å². The fourth-order valence-corrected chi connectivity index (χ4v) is 2.42. The molecule has 1 fully saturated rings. The number of rotatable bonds is 2. The first kappa shape index (κ1) is 12.7. The molecule has 17 heavy (non-hydrogen) atoms. The van der Waals surface area contributed by atoms with Crippen LogP contribution in [0.15, 0.2) is 12.1 Å². The molecule has 0 aliphatic carbocycles. The topological polar surface area (TPSA) is 36.4 Å². The third-order valence-electron chi connectivity index (χ3n) is 3.39. The first-order valence-electron chi connectivity index (χ1n) is 6.22. The van der Waals surface area contributed by atoms with E-state index in [0.29, 0.717) is 10.7 Å². The molecule has 0 radical (unpaired) electrons. The van der Waals surface area contributed by atoms with Crippen molar-refractivity contribution in [2.45, 2.75) is 32.8 Å². The molecule has 1 aromatic rings. The van der Waals surface area contributed by atoms with Gasteiger partial charge in [-0.25, -0.2) is 4.98 Å². The Bertz CT molecular complexity index is 384. The lowest BCUT2D eigenvalue weighted by molar-refractivity contribution is 0.277. The summed E-state index contributed by atoms with van der Waals surface area (Å²) >= 11 is 5.95. The summed E-state index contributed by atoms with van der Waals surface area (Å²) in [6.45, 7) is 4.29. The van der Waals surface area contributed by atoms with Crippen LogP contribution in [-0.2, 0) is 6.61 Å². The van der Waals surface area contributed by atoms with Crippen molar-refractivity contribution in [3.8, 4) is 0 Å². The van der Waals surface area contributed by atoms with E-state index in [0.717, 1.165) is 24.8 Å². The molecule has 1 aliphatic heterocycles. The second-order valence-corrected chi connectivity index (χ2v) is 5.19. The third-order valence-corrected chi connectivity index (χ3v) is 3.74. The molecule has 1 aromatic heterocycles. The molecule has 4 heteroatoms. The second kappa shape index (κ2) is 5.69. The van der Waals surface area contributed by atoms with E-state index in [2.05, 4.69) is 16.8 Å². The molecule has 1 saturated heterocycles. The lowest BCUT2D eigenvalue weighted by Gasteiger charge is -2.22. The van der Waals surface area contributed by atoms with Crippen molar-refractivity contribution < 1.29 is 5.11 Å². The summed E-state index contributed by atoms with van der Waals surface area (Å²) in [5.74, 6) is 1.73. The predicted octanol–water partition coefficient (Wildman–Crippen LogP) is 2.85. The van der Waals surface area contributed by atoms with Gasteiger partial charge in [0.05, 0.1) is 17.3 Å². The number of pyridine rings is 1. The summed E-state index contributed by atoms with van der Waals surface area (Å²) in [6.07, 6.45) is 3.70. The molecule has 2 rings (SSSR count). The summed E-state index contributed by atoms with van der Waals surface area (Å²) < 4.78 is 0. The van der Waals surface area contributed by atoms with Crippen LogP contribution < -0.4 is 4.90 Å². The van der Waals surface area contributed by atoms with Crippen LogP contribution in [0.2, 0.25) is 5.02 Å². The average Bonchev–Trinajstić information content (AvgIpc) is 2.55. The molecule has 1 aliphatic rings. The molecule has 1 N–H and O–H groups in total. The van der Waals surface area contributed by atoms with E-state index in [-0.39, 0.29) is 6.61 Å². The number of aromatic nitrogens is 1. The molecule has 0 bridgehead atoms. The van der Waals surface area contributed by atoms with Gasteiger partial charge in [-0.3, -0.25) is 0 Å². The molecule has 0 aromatic carbocycles. The molecule has 0 spiro atoms. The lowest BCUT2D eigenvalue weighted by Crippen LogP contribution is -2.25. The highest BCUT2D eigenvalue weighted by atomic mass is 35.5. The van der Waals surface area contributed by atoms with Crippen LogP contribution in [0.5, 0.6) is 0 Å². The standard InChI is InChI=1S/C13H19ClN2O/c1-10-3-2-7-16(8-6-10)13-5-4-11(14)12(9-17)15-13/h4-5,10,17H,2-3,6-9H2,1H3. The van der Waals surface area contributed by atoms with Gasteiger partial charge in [-0.2, -0.15) is 0 Å². The molecule has 2 heterocycles. The second-order valence-electron chi connectivity index (χ2n) is 4.78. The highest BCUT2D eigenvalue weighted by molar-refractivity contribution is 6.31. The van der Waals surface area contributed by atoms with E-state index in [9.17, 15) is 5.11 Å².